The van der Waals surface area contributed by atoms with Crippen LogP contribution in [-0.4, -0.2) is 15.7 Å². The van der Waals surface area contributed by atoms with Crippen molar-refractivity contribution in [1.82, 2.24) is 15.1 Å². The summed E-state index contributed by atoms with van der Waals surface area (Å²) in [5, 5.41) is 6.91. The highest BCUT2D eigenvalue weighted by molar-refractivity contribution is 5.92. The number of amides is 1. The van der Waals surface area contributed by atoms with E-state index < -0.39 is 0 Å². The molecular formula is C16H15N3O2. The Balaban J connectivity index is 1.67. The van der Waals surface area contributed by atoms with Crippen molar-refractivity contribution < 1.29 is 9.21 Å². The average molecular weight is 281 g/mol. The van der Waals surface area contributed by atoms with Gasteiger partial charge in [0.15, 0.2) is 5.76 Å². The number of rotatable bonds is 4. The summed E-state index contributed by atoms with van der Waals surface area (Å²) >= 11 is 0. The van der Waals surface area contributed by atoms with E-state index in [4.69, 9.17) is 4.42 Å². The van der Waals surface area contributed by atoms with Crippen molar-refractivity contribution in [3.8, 4) is 11.3 Å². The molecule has 0 saturated heterocycles. The number of hydrogen-bond acceptors (Lipinski definition) is 3. The molecule has 2 aromatic heterocycles. The molecule has 0 spiro atoms. The van der Waals surface area contributed by atoms with Crippen LogP contribution in [-0.2, 0) is 13.6 Å². The van der Waals surface area contributed by atoms with Gasteiger partial charge in [-0.3, -0.25) is 9.48 Å². The number of carbonyl (C=O) groups excluding carboxylic acids is 1. The maximum atomic E-state index is 12.0. The van der Waals surface area contributed by atoms with Crippen molar-refractivity contribution in [3.05, 3.63) is 66.2 Å². The lowest BCUT2D eigenvalue weighted by atomic mass is 10.2. The van der Waals surface area contributed by atoms with Gasteiger partial charge in [0.2, 0.25) is 0 Å². The molecule has 5 nitrogen and oxygen atoms in total. The van der Waals surface area contributed by atoms with Gasteiger partial charge in [-0.05, 0) is 17.7 Å². The van der Waals surface area contributed by atoms with Gasteiger partial charge in [-0.1, -0.05) is 30.3 Å². The summed E-state index contributed by atoms with van der Waals surface area (Å²) < 4.78 is 7.26. The average Bonchev–Trinajstić information content (AvgIpc) is 3.14. The van der Waals surface area contributed by atoms with Crippen LogP contribution in [0.4, 0.5) is 0 Å². The van der Waals surface area contributed by atoms with Crippen LogP contribution in [0.2, 0.25) is 0 Å². The third kappa shape index (κ3) is 3.02. The van der Waals surface area contributed by atoms with Crippen LogP contribution in [0.15, 0.2) is 59.3 Å². The van der Waals surface area contributed by atoms with Gasteiger partial charge >= 0.3 is 0 Å². The molecular weight excluding hydrogens is 266 g/mol. The molecule has 1 amide bonds. The van der Waals surface area contributed by atoms with E-state index in [1.807, 2.05) is 43.6 Å². The van der Waals surface area contributed by atoms with E-state index in [-0.39, 0.29) is 5.91 Å². The first-order valence-corrected chi connectivity index (χ1v) is 6.63. The Bertz CT molecular complexity index is 744. The molecule has 5 heteroatoms. The van der Waals surface area contributed by atoms with Crippen LogP contribution in [0.25, 0.3) is 11.3 Å². The van der Waals surface area contributed by atoms with E-state index in [9.17, 15) is 4.79 Å². The number of benzene rings is 1. The van der Waals surface area contributed by atoms with Crippen LogP contribution in [0.3, 0.4) is 0 Å². The Morgan fingerprint density at radius 2 is 2.05 bits per heavy atom. The van der Waals surface area contributed by atoms with Gasteiger partial charge in [0.05, 0.1) is 11.8 Å². The standard InChI is InChI=1S/C16H15N3O2/c1-19-11-13(10-18-19)14-7-8-15(21-14)16(20)17-9-12-5-3-2-4-6-12/h2-8,10-11H,9H2,1H3,(H,17,20). The number of carbonyl (C=O) groups is 1. The molecule has 0 aliphatic carbocycles. The van der Waals surface area contributed by atoms with E-state index in [1.165, 1.54) is 0 Å². The summed E-state index contributed by atoms with van der Waals surface area (Å²) in [4.78, 5) is 12.0. The Labute approximate surface area is 122 Å². The van der Waals surface area contributed by atoms with Crippen molar-refractivity contribution >= 4 is 5.91 Å². The van der Waals surface area contributed by atoms with Gasteiger partial charge < -0.3 is 9.73 Å². The zero-order valence-corrected chi connectivity index (χ0v) is 11.6. The lowest BCUT2D eigenvalue weighted by Gasteiger charge is -2.02. The number of aromatic nitrogens is 2. The number of nitrogens with one attached hydrogen (secondary N) is 1. The molecule has 1 N–H and O–H groups in total. The molecule has 0 saturated carbocycles. The van der Waals surface area contributed by atoms with Crippen molar-refractivity contribution in [1.29, 1.82) is 0 Å². The van der Waals surface area contributed by atoms with Gasteiger partial charge in [-0.15, -0.1) is 0 Å². The molecule has 0 unspecified atom stereocenters. The minimum Gasteiger partial charge on any atom is -0.451 e. The van der Waals surface area contributed by atoms with Crippen molar-refractivity contribution in [2.45, 2.75) is 6.54 Å². The molecule has 0 aliphatic rings. The molecule has 1 aromatic carbocycles. The highest BCUT2D eigenvalue weighted by Crippen LogP contribution is 2.21. The fourth-order valence-electron chi connectivity index (χ4n) is 2.03. The predicted molar refractivity (Wildman–Crippen MR) is 78.5 cm³/mol. The van der Waals surface area contributed by atoms with Crippen molar-refractivity contribution in [2.24, 2.45) is 7.05 Å². The summed E-state index contributed by atoms with van der Waals surface area (Å²) in [6.45, 7) is 0.475. The van der Waals surface area contributed by atoms with Crippen LogP contribution in [0.5, 0.6) is 0 Å². The van der Waals surface area contributed by atoms with Crippen LogP contribution < -0.4 is 5.32 Å². The van der Waals surface area contributed by atoms with Gasteiger partial charge in [0, 0.05) is 19.8 Å². The fraction of sp³-hybridized carbons (Fsp3) is 0.125. The SMILES string of the molecule is Cn1cc(-c2ccc(C(=O)NCc3ccccc3)o2)cn1. The summed E-state index contributed by atoms with van der Waals surface area (Å²) in [6.07, 6.45) is 3.54. The first kappa shape index (κ1) is 13.2. The second-order valence-electron chi connectivity index (χ2n) is 4.73. The second-order valence-corrected chi connectivity index (χ2v) is 4.73. The number of nitrogens with zero attached hydrogens (tertiary/aromatic N) is 2. The smallest absolute Gasteiger partial charge is 0.287 e. The largest absolute Gasteiger partial charge is 0.451 e. The minimum atomic E-state index is -0.228. The number of aryl methyl sites for hydroxylation is 1. The van der Waals surface area contributed by atoms with E-state index in [0.29, 0.717) is 18.1 Å². The second kappa shape index (κ2) is 5.66. The van der Waals surface area contributed by atoms with Crippen LogP contribution in [0, 0.1) is 0 Å². The highest BCUT2D eigenvalue weighted by Gasteiger charge is 2.12. The molecule has 3 aromatic rings. The Morgan fingerprint density at radius 1 is 1.24 bits per heavy atom. The first-order chi connectivity index (χ1) is 10.2. The van der Waals surface area contributed by atoms with Gasteiger partial charge in [0.25, 0.3) is 5.91 Å². The van der Waals surface area contributed by atoms with E-state index in [1.54, 1.807) is 23.0 Å². The lowest BCUT2D eigenvalue weighted by molar-refractivity contribution is 0.0924. The normalized spacial score (nSPS) is 10.5. The van der Waals surface area contributed by atoms with Crippen molar-refractivity contribution in [2.75, 3.05) is 0 Å². The summed E-state index contributed by atoms with van der Waals surface area (Å²) in [5.41, 5.74) is 1.89. The first-order valence-electron chi connectivity index (χ1n) is 6.63. The molecule has 0 fully saturated rings. The maximum Gasteiger partial charge on any atom is 0.287 e. The van der Waals surface area contributed by atoms with Gasteiger partial charge in [-0.25, -0.2) is 0 Å². The Hall–Kier alpha value is -2.82. The summed E-state index contributed by atoms with van der Waals surface area (Å²) in [7, 11) is 1.83. The quantitative estimate of drug-likeness (QED) is 0.799. The lowest BCUT2D eigenvalue weighted by Crippen LogP contribution is -2.22. The molecule has 0 bridgehead atoms. The van der Waals surface area contributed by atoms with Crippen LogP contribution >= 0.6 is 0 Å². The fourth-order valence-corrected chi connectivity index (χ4v) is 2.03. The van der Waals surface area contributed by atoms with Crippen LogP contribution in [0.1, 0.15) is 16.1 Å². The zero-order valence-electron chi connectivity index (χ0n) is 11.6. The van der Waals surface area contributed by atoms with E-state index in [0.717, 1.165) is 11.1 Å². The molecule has 21 heavy (non-hydrogen) atoms. The molecule has 2 heterocycles. The molecule has 106 valence electrons. The maximum absolute atomic E-state index is 12.0. The topological polar surface area (TPSA) is 60.1 Å². The number of hydrogen-bond donors (Lipinski definition) is 1. The summed E-state index contributed by atoms with van der Waals surface area (Å²) in [5.74, 6) is 0.701. The van der Waals surface area contributed by atoms with E-state index in [2.05, 4.69) is 10.4 Å². The highest BCUT2D eigenvalue weighted by atomic mass is 16.3. The Kier molecular flexibility index (Phi) is 3.55. The Morgan fingerprint density at radius 3 is 2.76 bits per heavy atom. The summed E-state index contributed by atoms with van der Waals surface area (Å²) in [6, 6.07) is 13.2. The number of furan rings is 1. The molecule has 0 atom stereocenters. The minimum absolute atomic E-state index is 0.228. The van der Waals surface area contributed by atoms with E-state index >= 15 is 0 Å². The molecule has 3 rings (SSSR count). The molecule has 0 radical (unpaired) electrons. The van der Waals surface area contributed by atoms with Gasteiger partial charge in [0.1, 0.15) is 5.76 Å². The third-order valence-electron chi connectivity index (χ3n) is 3.12. The third-order valence-corrected chi connectivity index (χ3v) is 3.12. The monoisotopic (exact) mass is 281 g/mol. The van der Waals surface area contributed by atoms with Crippen molar-refractivity contribution in [3.63, 3.8) is 0 Å². The van der Waals surface area contributed by atoms with Gasteiger partial charge in [-0.2, -0.15) is 5.10 Å². The predicted octanol–water partition coefficient (Wildman–Crippen LogP) is 2.61. The zero-order chi connectivity index (χ0) is 14.7. The molecule has 0 aliphatic heterocycles.